The Labute approximate surface area is 180 Å². The van der Waals surface area contributed by atoms with Crippen LogP contribution in [-0.2, 0) is 6.61 Å². The highest BCUT2D eigenvalue weighted by atomic mass is 79.9. The molecule has 30 heavy (non-hydrogen) atoms. The van der Waals surface area contributed by atoms with Crippen molar-refractivity contribution in [2.24, 2.45) is 5.10 Å². The van der Waals surface area contributed by atoms with Crippen LogP contribution in [0.4, 0.5) is 5.69 Å². The Morgan fingerprint density at radius 1 is 1.17 bits per heavy atom. The molecule has 2 N–H and O–H groups in total. The summed E-state index contributed by atoms with van der Waals surface area (Å²) in [6.45, 7) is 0.280. The molecule has 0 aromatic heterocycles. The molecular weight excluding hydrogens is 454 g/mol. The summed E-state index contributed by atoms with van der Waals surface area (Å²) >= 11 is 3.37. The number of hydrazone groups is 1. The minimum absolute atomic E-state index is 0.101. The highest BCUT2D eigenvalue weighted by Gasteiger charge is 2.12. The number of aromatic hydroxyl groups is 1. The van der Waals surface area contributed by atoms with E-state index >= 15 is 0 Å². The van der Waals surface area contributed by atoms with Gasteiger partial charge in [0.25, 0.3) is 11.6 Å². The molecule has 0 saturated heterocycles. The minimum Gasteiger partial charge on any atom is -0.507 e. The van der Waals surface area contributed by atoms with Gasteiger partial charge in [0, 0.05) is 22.2 Å². The maximum Gasteiger partial charge on any atom is 0.275 e. The molecule has 152 valence electrons. The predicted octanol–water partition coefficient (Wildman–Crippen LogP) is 4.41. The van der Waals surface area contributed by atoms with Crippen molar-refractivity contribution in [3.05, 3.63) is 98.0 Å². The van der Waals surface area contributed by atoms with Crippen LogP contribution in [0, 0.1) is 10.1 Å². The van der Waals surface area contributed by atoms with Gasteiger partial charge in [-0.3, -0.25) is 14.9 Å². The van der Waals surface area contributed by atoms with Crippen LogP contribution in [0.2, 0.25) is 0 Å². The normalized spacial score (nSPS) is 10.7. The summed E-state index contributed by atoms with van der Waals surface area (Å²) in [5.41, 5.74) is 3.44. The van der Waals surface area contributed by atoms with Crippen LogP contribution in [0.5, 0.6) is 11.5 Å². The topological polar surface area (TPSA) is 114 Å². The third-order valence-corrected chi connectivity index (χ3v) is 4.56. The maximum absolute atomic E-state index is 12.5. The second kappa shape index (κ2) is 9.66. The first kappa shape index (κ1) is 21.0. The first-order valence-electron chi connectivity index (χ1n) is 8.71. The summed E-state index contributed by atoms with van der Waals surface area (Å²) in [7, 11) is 0. The van der Waals surface area contributed by atoms with Gasteiger partial charge in [0.2, 0.25) is 0 Å². The van der Waals surface area contributed by atoms with Crippen LogP contribution in [0.3, 0.4) is 0 Å². The van der Waals surface area contributed by atoms with Crippen molar-refractivity contribution in [1.82, 2.24) is 5.43 Å². The Balaban J connectivity index is 1.69. The van der Waals surface area contributed by atoms with Gasteiger partial charge in [-0.05, 0) is 35.9 Å². The molecule has 3 aromatic rings. The van der Waals surface area contributed by atoms with Crippen LogP contribution in [0.15, 0.2) is 76.3 Å². The average molecular weight is 470 g/mol. The maximum atomic E-state index is 12.5. The number of phenolic OH excluding ortho intramolecular Hbond substituents is 1. The van der Waals surface area contributed by atoms with Crippen molar-refractivity contribution in [3.8, 4) is 11.5 Å². The zero-order chi connectivity index (χ0) is 21.5. The molecule has 9 heteroatoms. The van der Waals surface area contributed by atoms with E-state index in [0.717, 1.165) is 22.3 Å². The second-order valence-electron chi connectivity index (χ2n) is 6.11. The standard InChI is InChI=1S/C21H16BrN3O5/c22-16-7-5-14(6-8-16)13-30-20-4-2-1-3-18(20)21(27)24-23-12-15-11-17(25(28)29)9-10-19(15)26/h1-12,26H,13H2,(H,24,27)/b23-12-. The van der Waals surface area contributed by atoms with Crippen molar-refractivity contribution in [2.75, 3.05) is 0 Å². The van der Waals surface area contributed by atoms with Crippen LogP contribution in [0.25, 0.3) is 0 Å². The number of non-ortho nitro benzene ring substituents is 1. The summed E-state index contributed by atoms with van der Waals surface area (Å²) < 4.78 is 6.72. The number of nitrogens with zero attached hydrogens (tertiary/aromatic N) is 2. The number of hydrogen-bond donors (Lipinski definition) is 2. The molecule has 3 aromatic carbocycles. The number of hydrogen-bond acceptors (Lipinski definition) is 6. The van der Waals surface area contributed by atoms with Crippen molar-refractivity contribution >= 4 is 33.7 Å². The van der Waals surface area contributed by atoms with Gasteiger partial charge in [-0.15, -0.1) is 0 Å². The number of carbonyl (C=O) groups excluding carboxylic acids is 1. The quantitative estimate of drug-likeness (QED) is 0.302. The number of para-hydroxylation sites is 1. The van der Waals surface area contributed by atoms with Gasteiger partial charge >= 0.3 is 0 Å². The number of halogens is 1. The van der Waals surface area contributed by atoms with Crippen LogP contribution in [0.1, 0.15) is 21.5 Å². The van der Waals surface area contributed by atoms with Gasteiger partial charge in [-0.1, -0.05) is 40.2 Å². The molecule has 0 fully saturated rings. The average Bonchev–Trinajstić information content (AvgIpc) is 2.74. The molecule has 1 amide bonds. The lowest BCUT2D eigenvalue weighted by molar-refractivity contribution is -0.384. The molecular formula is C21H16BrN3O5. The van der Waals surface area contributed by atoms with Gasteiger partial charge < -0.3 is 9.84 Å². The highest BCUT2D eigenvalue weighted by molar-refractivity contribution is 9.10. The molecule has 0 saturated carbocycles. The van der Waals surface area contributed by atoms with Crippen molar-refractivity contribution in [2.45, 2.75) is 6.61 Å². The molecule has 3 rings (SSSR count). The number of carbonyl (C=O) groups is 1. The molecule has 0 bridgehead atoms. The Morgan fingerprint density at radius 3 is 2.63 bits per heavy atom. The number of nitrogens with one attached hydrogen (secondary N) is 1. The number of nitro benzene ring substituents is 1. The third kappa shape index (κ3) is 5.42. The predicted molar refractivity (Wildman–Crippen MR) is 115 cm³/mol. The lowest BCUT2D eigenvalue weighted by Gasteiger charge is -2.10. The summed E-state index contributed by atoms with van der Waals surface area (Å²) in [6.07, 6.45) is 1.13. The van der Waals surface area contributed by atoms with Crippen LogP contribution < -0.4 is 10.2 Å². The highest BCUT2D eigenvalue weighted by Crippen LogP contribution is 2.22. The molecule has 0 unspecified atom stereocenters. The van der Waals surface area contributed by atoms with Crippen molar-refractivity contribution in [3.63, 3.8) is 0 Å². The molecule has 0 aliphatic heterocycles. The SMILES string of the molecule is O=C(N/N=C\c1cc([N+](=O)[O-])ccc1O)c1ccccc1OCc1ccc(Br)cc1. The van der Waals surface area contributed by atoms with Crippen molar-refractivity contribution < 1.29 is 19.6 Å². The zero-order valence-corrected chi connectivity index (χ0v) is 17.1. The Morgan fingerprint density at radius 2 is 1.90 bits per heavy atom. The first-order valence-corrected chi connectivity index (χ1v) is 9.50. The summed E-state index contributed by atoms with van der Waals surface area (Å²) in [5, 5.41) is 24.4. The van der Waals surface area contributed by atoms with Gasteiger partial charge in [0.05, 0.1) is 16.7 Å². The minimum atomic E-state index is -0.589. The molecule has 0 aliphatic carbocycles. The molecule has 0 heterocycles. The Bertz CT molecular complexity index is 1100. The van der Waals surface area contributed by atoms with E-state index in [2.05, 4.69) is 26.5 Å². The lowest BCUT2D eigenvalue weighted by atomic mass is 10.2. The van der Waals surface area contributed by atoms with Gasteiger partial charge in [-0.2, -0.15) is 5.10 Å². The van der Waals surface area contributed by atoms with E-state index in [0.29, 0.717) is 5.75 Å². The monoisotopic (exact) mass is 469 g/mol. The fourth-order valence-electron chi connectivity index (χ4n) is 2.50. The number of ether oxygens (including phenoxy) is 1. The van der Waals surface area contributed by atoms with Gasteiger partial charge in [0.15, 0.2) is 0 Å². The second-order valence-corrected chi connectivity index (χ2v) is 7.03. The molecule has 0 aliphatic rings. The van der Waals surface area contributed by atoms with Gasteiger partial charge in [-0.25, -0.2) is 5.43 Å². The van der Waals surface area contributed by atoms with Crippen molar-refractivity contribution in [1.29, 1.82) is 0 Å². The van der Waals surface area contributed by atoms with E-state index in [1.165, 1.54) is 12.1 Å². The number of nitro groups is 1. The fraction of sp³-hybridized carbons (Fsp3) is 0.0476. The largest absolute Gasteiger partial charge is 0.507 e. The summed E-state index contributed by atoms with van der Waals surface area (Å²) in [6, 6.07) is 17.8. The van der Waals surface area contributed by atoms with Crippen LogP contribution >= 0.6 is 15.9 Å². The summed E-state index contributed by atoms with van der Waals surface area (Å²) in [5.74, 6) is -0.342. The van der Waals surface area contributed by atoms with E-state index in [-0.39, 0.29) is 29.2 Å². The van der Waals surface area contributed by atoms with Gasteiger partial charge in [0.1, 0.15) is 18.1 Å². The molecule has 8 nitrogen and oxygen atoms in total. The number of amides is 1. The zero-order valence-electron chi connectivity index (χ0n) is 15.5. The number of benzene rings is 3. The van der Waals surface area contributed by atoms with E-state index in [1.807, 2.05) is 24.3 Å². The third-order valence-electron chi connectivity index (χ3n) is 4.03. The smallest absolute Gasteiger partial charge is 0.275 e. The Kier molecular flexibility index (Phi) is 6.76. The Hall–Kier alpha value is -3.72. The van der Waals surface area contributed by atoms with E-state index < -0.39 is 10.8 Å². The van der Waals surface area contributed by atoms with E-state index in [9.17, 15) is 20.0 Å². The summed E-state index contributed by atoms with van der Waals surface area (Å²) in [4.78, 5) is 22.7. The lowest BCUT2D eigenvalue weighted by Crippen LogP contribution is -2.18. The van der Waals surface area contributed by atoms with Crippen LogP contribution in [-0.4, -0.2) is 22.2 Å². The van der Waals surface area contributed by atoms with E-state index in [1.54, 1.807) is 24.3 Å². The number of rotatable bonds is 7. The number of phenols is 1. The van der Waals surface area contributed by atoms with E-state index in [4.69, 9.17) is 4.74 Å². The fourth-order valence-corrected chi connectivity index (χ4v) is 2.77. The molecule has 0 spiro atoms. The molecule has 0 atom stereocenters. The molecule has 0 radical (unpaired) electrons. The first-order chi connectivity index (χ1) is 14.4.